The van der Waals surface area contributed by atoms with Crippen molar-refractivity contribution in [2.45, 2.75) is 45.7 Å². The monoisotopic (exact) mass is 310 g/mol. The zero-order valence-electron chi connectivity index (χ0n) is 12.7. The van der Waals surface area contributed by atoms with E-state index >= 15 is 0 Å². The normalized spacial score (nSPS) is 12.2. The van der Waals surface area contributed by atoms with Gasteiger partial charge in [-0.1, -0.05) is 13.3 Å². The maximum absolute atomic E-state index is 11.9. The minimum atomic E-state index is -0.453. The average Bonchev–Trinajstić information content (AvgIpc) is 2.82. The van der Waals surface area contributed by atoms with Gasteiger partial charge < -0.3 is 11.1 Å². The second-order valence-electron chi connectivity index (χ2n) is 5.34. The Bertz CT molecular complexity index is 609. The van der Waals surface area contributed by atoms with Gasteiger partial charge in [0, 0.05) is 17.1 Å². The van der Waals surface area contributed by atoms with E-state index in [1.165, 1.54) is 0 Å². The Morgan fingerprint density at radius 3 is 2.76 bits per heavy atom. The molecule has 1 atom stereocenters. The number of aromatic nitrogens is 2. The lowest BCUT2D eigenvalue weighted by molar-refractivity contribution is -0.117. The Morgan fingerprint density at radius 1 is 1.43 bits per heavy atom. The summed E-state index contributed by atoms with van der Waals surface area (Å²) in [6.45, 7) is 6.17. The maximum atomic E-state index is 11.9. The van der Waals surface area contributed by atoms with Crippen LogP contribution in [-0.4, -0.2) is 21.7 Å². The molecule has 1 aromatic carbocycles. The highest BCUT2D eigenvalue weighted by Crippen LogP contribution is 2.21. The third kappa shape index (κ3) is 3.95. The van der Waals surface area contributed by atoms with Gasteiger partial charge in [0.25, 0.3) is 0 Å². The molecule has 0 bridgehead atoms. The lowest BCUT2D eigenvalue weighted by Crippen LogP contribution is -2.35. The molecule has 0 spiro atoms. The van der Waals surface area contributed by atoms with Crippen LogP contribution < -0.4 is 11.1 Å². The number of amides is 1. The first-order valence-corrected chi connectivity index (χ1v) is 7.06. The molecule has 1 unspecified atom stereocenters. The van der Waals surface area contributed by atoms with Crippen molar-refractivity contribution in [2.75, 3.05) is 5.32 Å². The summed E-state index contributed by atoms with van der Waals surface area (Å²) >= 11 is 0. The molecule has 1 aromatic heterocycles. The SMILES string of the molecule is CCCC(N)C(=O)Nc1ccc2cnn(C(C)C)c2c1.Cl. The van der Waals surface area contributed by atoms with Crippen molar-refractivity contribution in [3.8, 4) is 0 Å². The molecule has 116 valence electrons. The van der Waals surface area contributed by atoms with Crippen LogP contribution >= 0.6 is 12.4 Å². The van der Waals surface area contributed by atoms with E-state index in [1.54, 1.807) is 0 Å². The van der Waals surface area contributed by atoms with Crippen LogP contribution in [0.2, 0.25) is 0 Å². The lowest BCUT2D eigenvalue weighted by atomic mass is 10.1. The first kappa shape index (κ1) is 17.5. The molecular weight excluding hydrogens is 288 g/mol. The first-order valence-electron chi connectivity index (χ1n) is 7.06. The van der Waals surface area contributed by atoms with Crippen molar-refractivity contribution >= 4 is 34.9 Å². The Morgan fingerprint density at radius 2 is 2.14 bits per heavy atom. The van der Waals surface area contributed by atoms with Crippen LogP contribution in [0, 0.1) is 0 Å². The predicted octanol–water partition coefficient (Wildman–Crippen LogP) is 3.10. The summed E-state index contributed by atoms with van der Waals surface area (Å²) in [4.78, 5) is 11.9. The summed E-state index contributed by atoms with van der Waals surface area (Å²) in [5, 5.41) is 8.29. The molecule has 0 saturated heterocycles. The largest absolute Gasteiger partial charge is 0.325 e. The third-order valence-corrected chi connectivity index (χ3v) is 3.29. The molecule has 3 N–H and O–H groups in total. The minimum absolute atomic E-state index is 0. The van der Waals surface area contributed by atoms with Gasteiger partial charge in [0.2, 0.25) is 5.91 Å². The number of carbonyl (C=O) groups excluding carboxylic acids is 1. The molecule has 2 rings (SSSR count). The lowest BCUT2D eigenvalue weighted by Gasteiger charge is -2.12. The predicted molar refractivity (Wildman–Crippen MR) is 88.9 cm³/mol. The Kier molecular flexibility index (Phi) is 6.18. The van der Waals surface area contributed by atoms with E-state index in [0.29, 0.717) is 6.42 Å². The summed E-state index contributed by atoms with van der Waals surface area (Å²) in [6.07, 6.45) is 3.43. The van der Waals surface area contributed by atoms with Gasteiger partial charge in [-0.2, -0.15) is 5.10 Å². The Labute approximate surface area is 131 Å². The smallest absolute Gasteiger partial charge is 0.241 e. The van der Waals surface area contributed by atoms with Crippen LogP contribution in [0.15, 0.2) is 24.4 Å². The van der Waals surface area contributed by atoms with Crippen molar-refractivity contribution < 1.29 is 4.79 Å². The number of fused-ring (bicyclic) bond motifs is 1. The molecule has 6 heteroatoms. The first-order chi connectivity index (χ1) is 9.52. The number of anilines is 1. The van der Waals surface area contributed by atoms with Crippen LogP contribution in [0.5, 0.6) is 0 Å². The number of benzene rings is 1. The highest BCUT2D eigenvalue weighted by Gasteiger charge is 2.13. The summed E-state index contributed by atoms with van der Waals surface area (Å²) in [7, 11) is 0. The number of hydrogen-bond donors (Lipinski definition) is 2. The van der Waals surface area contributed by atoms with Crippen molar-refractivity contribution in [2.24, 2.45) is 5.73 Å². The van der Waals surface area contributed by atoms with Crippen molar-refractivity contribution in [3.63, 3.8) is 0 Å². The molecule has 0 radical (unpaired) electrons. The number of hydrogen-bond acceptors (Lipinski definition) is 3. The van der Waals surface area contributed by atoms with Gasteiger partial charge in [-0.3, -0.25) is 9.48 Å². The van der Waals surface area contributed by atoms with E-state index in [0.717, 1.165) is 23.0 Å². The van der Waals surface area contributed by atoms with Gasteiger partial charge >= 0.3 is 0 Å². The van der Waals surface area contributed by atoms with Gasteiger partial charge in [-0.15, -0.1) is 12.4 Å². The zero-order valence-corrected chi connectivity index (χ0v) is 13.5. The van der Waals surface area contributed by atoms with Crippen molar-refractivity contribution in [1.29, 1.82) is 0 Å². The zero-order chi connectivity index (χ0) is 14.7. The van der Waals surface area contributed by atoms with Crippen LogP contribution in [-0.2, 0) is 4.79 Å². The van der Waals surface area contributed by atoms with E-state index in [1.807, 2.05) is 36.0 Å². The molecule has 0 fully saturated rings. The molecule has 1 heterocycles. The van der Waals surface area contributed by atoms with E-state index in [9.17, 15) is 4.79 Å². The van der Waals surface area contributed by atoms with E-state index in [4.69, 9.17) is 5.73 Å². The molecule has 0 aliphatic carbocycles. The number of rotatable bonds is 5. The summed E-state index contributed by atoms with van der Waals surface area (Å²) in [6, 6.07) is 5.61. The van der Waals surface area contributed by atoms with E-state index < -0.39 is 6.04 Å². The molecule has 0 aliphatic rings. The topological polar surface area (TPSA) is 72.9 Å². The fourth-order valence-corrected chi connectivity index (χ4v) is 2.20. The quantitative estimate of drug-likeness (QED) is 0.891. The van der Waals surface area contributed by atoms with Crippen LogP contribution in [0.25, 0.3) is 10.9 Å². The van der Waals surface area contributed by atoms with Crippen LogP contribution in [0.3, 0.4) is 0 Å². The van der Waals surface area contributed by atoms with Crippen LogP contribution in [0.4, 0.5) is 5.69 Å². The molecule has 1 amide bonds. The molecule has 5 nitrogen and oxygen atoms in total. The van der Waals surface area contributed by atoms with Gasteiger partial charge in [0.15, 0.2) is 0 Å². The number of carbonyl (C=O) groups is 1. The third-order valence-electron chi connectivity index (χ3n) is 3.29. The van der Waals surface area contributed by atoms with Gasteiger partial charge in [0.05, 0.1) is 17.8 Å². The second kappa shape index (κ2) is 7.43. The van der Waals surface area contributed by atoms with E-state index in [2.05, 4.69) is 24.3 Å². The van der Waals surface area contributed by atoms with Crippen molar-refractivity contribution in [3.05, 3.63) is 24.4 Å². The van der Waals surface area contributed by atoms with Gasteiger partial charge in [0.1, 0.15) is 0 Å². The van der Waals surface area contributed by atoms with Gasteiger partial charge in [-0.25, -0.2) is 0 Å². The highest BCUT2D eigenvalue weighted by atomic mass is 35.5. The average molecular weight is 311 g/mol. The highest BCUT2D eigenvalue weighted by molar-refractivity contribution is 5.96. The number of nitrogens with two attached hydrogens (primary N) is 1. The number of nitrogens with zero attached hydrogens (tertiary/aromatic N) is 2. The number of halogens is 1. The minimum Gasteiger partial charge on any atom is -0.325 e. The molecule has 21 heavy (non-hydrogen) atoms. The second-order valence-corrected chi connectivity index (χ2v) is 5.34. The Balaban J connectivity index is 0.00000220. The van der Waals surface area contributed by atoms with Crippen molar-refractivity contribution in [1.82, 2.24) is 9.78 Å². The molecule has 0 saturated carbocycles. The Hall–Kier alpha value is -1.59. The number of nitrogens with one attached hydrogen (secondary N) is 1. The fraction of sp³-hybridized carbons (Fsp3) is 0.467. The van der Waals surface area contributed by atoms with Crippen LogP contribution in [0.1, 0.15) is 39.7 Å². The summed E-state index contributed by atoms with van der Waals surface area (Å²) in [5.41, 5.74) is 7.59. The standard InChI is InChI=1S/C15H22N4O.ClH/c1-4-5-13(16)15(20)18-12-7-6-11-9-17-19(10(2)3)14(11)8-12;/h6-10,13H,4-5,16H2,1-3H3,(H,18,20);1H. The molecular formula is C15H23ClN4O. The summed E-state index contributed by atoms with van der Waals surface area (Å²) < 4.78 is 1.94. The maximum Gasteiger partial charge on any atom is 0.241 e. The van der Waals surface area contributed by atoms with Gasteiger partial charge in [-0.05, 0) is 38.5 Å². The molecule has 2 aromatic rings. The van der Waals surface area contributed by atoms with E-state index in [-0.39, 0.29) is 24.4 Å². The fourth-order valence-electron chi connectivity index (χ4n) is 2.20. The molecule has 0 aliphatic heterocycles. The summed E-state index contributed by atoms with van der Waals surface area (Å²) in [5.74, 6) is -0.137.